The zero-order chi connectivity index (χ0) is 19.9. The largest absolute Gasteiger partial charge is 0.353 e. The molecule has 1 amide bonds. The van der Waals surface area contributed by atoms with Crippen molar-refractivity contribution in [2.45, 2.75) is 51.1 Å². The van der Waals surface area contributed by atoms with Gasteiger partial charge in [0.05, 0.1) is 10.6 Å². The summed E-state index contributed by atoms with van der Waals surface area (Å²) in [6.45, 7) is 5.60. The van der Waals surface area contributed by atoms with E-state index in [2.05, 4.69) is 10.4 Å². The average Bonchev–Trinajstić information content (AvgIpc) is 3.08. The third-order valence-electron chi connectivity index (χ3n) is 5.27. The number of hydrogen-bond donors (Lipinski definition) is 1. The first kappa shape index (κ1) is 19.6. The van der Waals surface area contributed by atoms with Crippen LogP contribution in [0.3, 0.4) is 0 Å². The number of hydrogen-bond acceptors (Lipinski definition) is 4. The first-order valence-electron chi connectivity index (χ1n) is 8.94. The van der Waals surface area contributed by atoms with E-state index in [1.165, 1.54) is 11.2 Å². The number of carbonyl (C=O) groups excluding carboxylic acids is 1. The Labute approximate surface area is 160 Å². The Hall–Kier alpha value is -2.19. The SMILES string of the molecule is CC(=O)N[C@H]1Cc2ccc(S(=O)(=O)N(C)Cc3c(C)nn(C)c3C)cc2C1. The van der Waals surface area contributed by atoms with E-state index < -0.39 is 10.0 Å². The van der Waals surface area contributed by atoms with Crippen LogP contribution in [-0.2, 0) is 41.3 Å². The van der Waals surface area contributed by atoms with Crippen molar-refractivity contribution in [2.75, 3.05) is 7.05 Å². The summed E-state index contributed by atoms with van der Waals surface area (Å²) in [4.78, 5) is 11.6. The number of nitrogens with one attached hydrogen (secondary N) is 1. The quantitative estimate of drug-likeness (QED) is 0.838. The van der Waals surface area contributed by atoms with Gasteiger partial charge >= 0.3 is 0 Å². The molecule has 0 saturated heterocycles. The van der Waals surface area contributed by atoms with Gasteiger partial charge in [-0.3, -0.25) is 9.48 Å². The van der Waals surface area contributed by atoms with Gasteiger partial charge in [0.1, 0.15) is 0 Å². The number of benzene rings is 1. The Morgan fingerprint density at radius 2 is 1.96 bits per heavy atom. The highest BCUT2D eigenvalue weighted by molar-refractivity contribution is 7.89. The molecule has 1 aromatic carbocycles. The van der Waals surface area contributed by atoms with Gasteiger partial charge in [0.25, 0.3) is 0 Å². The summed E-state index contributed by atoms with van der Waals surface area (Å²) < 4.78 is 29.2. The molecule has 0 fully saturated rings. The highest BCUT2D eigenvalue weighted by atomic mass is 32.2. The van der Waals surface area contributed by atoms with Gasteiger partial charge in [0, 0.05) is 44.9 Å². The Balaban J connectivity index is 1.83. The molecule has 146 valence electrons. The summed E-state index contributed by atoms with van der Waals surface area (Å²) in [5.74, 6) is -0.0670. The van der Waals surface area contributed by atoms with Gasteiger partial charge in [-0.1, -0.05) is 6.07 Å². The second-order valence-corrected chi connectivity index (χ2v) is 9.32. The molecule has 0 saturated carbocycles. The highest BCUT2D eigenvalue weighted by Crippen LogP contribution is 2.27. The van der Waals surface area contributed by atoms with Gasteiger partial charge < -0.3 is 5.32 Å². The maximum absolute atomic E-state index is 13.1. The van der Waals surface area contributed by atoms with Gasteiger partial charge in [-0.05, 0) is 49.9 Å². The van der Waals surface area contributed by atoms with E-state index in [1.807, 2.05) is 27.0 Å². The molecule has 8 heteroatoms. The number of rotatable bonds is 5. The van der Waals surface area contributed by atoms with Crippen molar-refractivity contribution in [3.05, 3.63) is 46.3 Å². The summed E-state index contributed by atoms with van der Waals surface area (Å²) in [6.07, 6.45) is 1.39. The Kier molecular flexibility index (Phi) is 5.14. The zero-order valence-corrected chi connectivity index (χ0v) is 17.2. The highest BCUT2D eigenvalue weighted by Gasteiger charge is 2.27. The molecule has 1 aromatic heterocycles. The molecule has 1 N–H and O–H groups in total. The second kappa shape index (κ2) is 7.09. The van der Waals surface area contributed by atoms with Crippen LogP contribution >= 0.6 is 0 Å². The molecule has 7 nitrogen and oxygen atoms in total. The van der Waals surface area contributed by atoms with Crippen molar-refractivity contribution in [2.24, 2.45) is 7.05 Å². The number of fused-ring (bicyclic) bond motifs is 1. The van der Waals surface area contributed by atoms with Crippen LogP contribution < -0.4 is 5.32 Å². The number of sulfonamides is 1. The van der Waals surface area contributed by atoms with Crippen molar-refractivity contribution in [1.82, 2.24) is 19.4 Å². The monoisotopic (exact) mass is 390 g/mol. The fourth-order valence-corrected chi connectivity index (χ4v) is 4.87. The predicted octanol–water partition coefficient (Wildman–Crippen LogP) is 1.46. The number of aryl methyl sites for hydroxylation is 2. The smallest absolute Gasteiger partial charge is 0.243 e. The van der Waals surface area contributed by atoms with E-state index in [0.717, 1.165) is 34.5 Å². The Morgan fingerprint density at radius 1 is 1.30 bits per heavy atom. The van der Waals surface area contributed by atoms with Gasteiger partial charge in [0.15, 0.2) is 0 Å². The van der Waals surface area contributed by atoms with Crippen molar-refractivity contribution in [3.63, 3.8) is 0 Å². The van der Waals surface area contributed by atoms with Crippen LogP contribution in [0.5, 0.6) is 0 Å². The van der Waals surface area contributed by atoms with E-state index in [9.17, 15) is 13.2 Å². The average molecular weight is 391 g/mol. The van der Waals surface area contributed by atoms with Gasteiger partial charge in [-0.2, -0.15) is 9.40 Å². The van der Waals surface area contributed by atoms with Gasteiger partial charge in [0.2, 0.25) is 15.9 Å². The lowest BCUT2D eigenvalue weighted by Gasteiger charge is -2.18. The first-order chi connectivity index (χ1) is 12.6. The van der Waals surface area contributed by atoms with Crippen LogP contribution in [0.25, 0.3) is 0 Å². The van der Waals surface area contributed by atoms with E-state index >= 15 is 0 Å². The molecule has 1 heterocycles. The molecular weight excluding hydrogens is 364 g/mol. The minimum Gasteiger partial charge on any atom is -0.353 e. The number of carbonyl (C=O) groups is 1. The Morgan fingerprint density at radius 3 is 2.56 bits per heavy atom. The normalized spacial score (nSPS) is 16.6. The predicted molar refractivity (Wildman–Crippen MR) is 103 cm³/mol. The molecule has 0 aliphatic heterocycles. The Bertz CT molecular complexity index is 995. The number of amides is 1. The summed E-state index contributed by atoms with van der Waals surface area (Å²) in [5, 5.41) is 7.27. The van der Waals surface area contributed by atoms with Gasteiger partial charge in [-0.15, -0.1) is 0 Å². The lowest BCUT2D eigenvalue weighted by Crippen LogP contribution is -2.33. The molecule has 1 aliphatic carbocycles. The fraction of sp³-hybridized carbons (Fsp3) is 0.474. The first-order valence-corrected chi connectivity index (χ1v) is 10.4. The maximum atomic E-state index is 13.1. The van der Waals surface area contributed by atoms with Crippen molar-refractivity contribution in [1.29, 1.82) is 0 Å². The van der Waals surface area contributed by atoms with Gasteiger partial charge in [-0.25, -0.2) is 8.42 Å². The molecule has 1 atom stereocenters. The van der Waals surface area contributed by atoms with Crippen LogP contribution in [-0.4, -0.2) is 41.5 Å². The molecule has 27 heavy (non-hydrogen) atoms. The molecule has 3 rings (SSSR count). The lowest BCUT2D eigenvalue weighted by molar-refractivity contribution is -0.119. The second-order valence-electron chi connectivity index (χ2n) is 7.27. The van der Waals surface area contributed by atoms with Crippen LogP contribution in [0.4, 0.5) is 0 Å². The number of aromatic nitrogens is 2. The summed E-state index contributed by atoms with van der Waals surface area (Å²) in [5.41, 5.74) is 4.80. The third kappa shape index (κ3) is 3.77. The van der Waals surface area contributed by atoms with Crippen LogP contribution in [0, 0.1) is 13.8 Å². The molecule has 0 bridgehead atoms. The molecule has 2 aromatic rings. The van der Waals surface area contributed by atoms with Crippen molar-refractivity contribution < 1.29 is 13.2 Å². The topological polar surface area (TPSA) is 84.3 Å². The molecule has 0 unspecified atom stereocenters. The minimum atomic E-state index is -3.61. The molecule has 1 aliphatic rings. The van der Waals surface area contributed by atoms with Crippen molar-refractivity contribution >= 4 is 15.9 Å². The fourth-order valence-electron chi connectivity index (χ4n) is 3.68. The van der Waals surface area contributed by atoms with Crippen LogP contribution in [0.2, 0.25) is 0 Å². The third-order valence-corrected chi connectivity index (χ3v) is 7.06. The lowest BCUT2D eigenvalue weighted by atomic mass is 10.1. The summed E-state index contributed by atoms with van der Waals surface area (Å²) in [7, 11) is -0.169. The standard InChI is InChI=1S/C19H26N4O3S/c1-12-19(13(2)23(5)21-12)11-22(4)27(25,26)18-7-6-15-8-17(20-14(3)24)9-16(15)10-18/h6-7,10,17H,8-9,11H2,1-5H3,(H,20,24)/t17-/m0/s1. The number of nitrogens with zero attached hydrogens (tertiary/aromatic N) is 3. The van der Waals surface area contributed by atoms with E-state index in [-0.39, 0.29) is 23.4 Å². The van der Waals surface area contributed by atoms with E-state index in [4.69, 9.17) is 0 Å². The molecular formula is C19H26N4O3S. The van der Waals surface area contributed by atoms with Crippen LogP contribution in [0.1, 0.15) is 35.0 Å². The van der Waals surface area contributed by atoms with E-state index in [0.29, 0.717) is 6.42 Å². The minimum absolute atomic E-state index is 0.0360. The molecule has 0 radical (unpaired) electrons. The van der Waals surface area contributed by atoms with Crippen LogP contribution in [0.15, 0.2) is 23.1 Å². The summed E-state index contributed by atoms with van der Waals surface area (Å²) in [6, 6.07) is 5.29. The van der Waals surface area contributed by atoms with E-state index in [1.54, 1.807) is 23.9 Å². The summed E-state index contributed by atoms with van der Waals surface area (Å²) >= 11 is 0. The maximum Gasteiger partial charge on any atom is 0.243 e. The molecule has 0 spiro atoms. The zero-order valence-electron chi connectivity index (χ0n) is 16.4. The van der Waals surface area contributed by atoms with Crippen molar-refractivity contribution in [3.8, 4) is 0 Å².